The van der Waals surface area contributed by atoms with Gasteiger partial charge in [0, 0.05) is 12.1 Å². The molecule has 0 aliphatic heterocycles. The standard InChI is InChI=1S/C19H23NO2/c1-4-22-18-8-6-5-7-17(18)13-20-19(21)12-16-10-9-14(2)15(3)11-16/h5-11H,4,12-13H2,1-3H3,(H,20,21). The van der Waals surface area contributed by atoms with E-state index in [0.717, 1.165) is 16.9 Å². The van der Waals surface area contributed by atoms with E-state index in [1.165, 1.54) is 11.1 Å². The summed E-state index contributed by atoms with van der Waals surface area (Å²) in [7, 11) is 0. The molecular weight excluding hydrogens is 274 g/mol. The van der Waals surface area contributed by atoms with E-state index in [1.807, 2.05) is 37.3 Å². The Bertz CT molecular complexity index is 650. The highest BCUT2D eigenvalue weighted by atomic mass is 16.5. The van der Waals surface area contributed by atoms with Crippen LogP contribution in [0.1, 0.15) is 29.2 Å². The molecule has 0 heterocycles. The molecule has 0 aromatic heterocycles. The van der Waals surface area contributed by atoms with Gasteiger partial charge in [-0.25, -0.2) is 0 Å². The topological polar surface area (TPSA) is 38.3 Å². The van der Waals surface area contributed by atoms with Crippen LogP contribution in [0.4, 0.5) is 0 Å². The zero-order valence-electron chi connectivity index (χ0n) is 13.5. The van der Waals surface area contributed by atoms with E-state index < -0.39 is 0 Å². The predicted octanol–water partition coefficient (Wildman–Crippen LogP) is 3.56. The number of carbonyl (C=O) groups is 1. The van der Waals surface area contributed by atoms with Gasteiger partial charge in [0.1, 0.15) is 5.75 Å². The molecule has 116 valence electrons. The predicted molar refractivity (Wildman–Crippen MR) is 89.1 cm³/mol. The van der Waals surface area contributed by atoms with Crippen LogP contribution < -0.4 is 10.1 Å². The van der Waals surface area contributed by atoms with Crippen LogP contribution >= 0.6 is 0 Å². The summed E-state index contributed by atoms with van der Waals surface area (Å²) in [6, 6.07) is 13.9. The quantitative estimate of drug-likeness (QED) is 0.885. The highest BCUT2D eigenvalue weighted by Gasteiger charge is 2.07. The fourth-order valence-electron chi connectivity index (χ4n) is 2.30. The van der Waals surface area contributed by atoms with Crippen molar-refractivity contribution in [1.29, 1.82) is 0 Å². The molecular formula is C19H23NO2. The van der Waals surface area contributed by atoms with Gasteiger partial charge in [-0.1, -0.05) is 36.4 Å². The Hall–Kier alpha value is -2.29. The van der Waals surface area contributed by atoms with Gasteiger partial charge in [-0.3, -0.25) is 4.79 Å². The first kappa shape index (κ1) is 16.1. The van der Waals surface area contributed by atoms with Crippen molar-refractivity contribution < 1.29 is 9.53 Å². The molecule has 2 rings (SSSR count). The normalized spacial score (nSPS) is 10.3. The van der Waals surface area contributed by atoms with Gasteiger partial charge >= 0.3 is 0 Å². The third-order valence-electron chi connectivity index (χ3n) is 3.68. The third kappa shape index (κ3) is 4.35. The Morgan fingerprint density at radius 3 is 2.59 bits per heavy atom. The van der Waals surface area contributed by atoms with Crippen LogP contribution in [0.15, 0.2) is 42.5 Å². The van der Waals surface area contributed by atoms with Crippen molar-refractivity contribution in [2.24, 2.45) is 0 Å². The van der Waals surface area contributed by atoms with E-state index in [9.17, 15) is 4.79 Å². The number of aryl methyl sites for hydroxylation is 2. The highest BCUT2D eigenvalue weighted by molar-refractivity contribution is 5.78. The second-order valence-electron chi connectivity index (χ2n) is 5.41. The molecule has 0 aliphatic carbocycles. The molecule has 2 aromatic rings. The van der Waals surface area contributed by atoms with Crippen LogP contribution in [0.25, 0.3) is 0 Å². The van der Waals surface area contributed by atoms with E-state index in [1.54, 1.807) is 0 Å². The minimum absolute atomic E-state index is 0.0227. The highest BCUT2D eigenvalue weighted by Crippen LogP contribution is 2.17. The molecule has 0 radical (unpaired) electrons. The van der Waals surface area contributed by atoms with Gasteiger partial charge in [-0.2, -0.15) is 0 Å². The van der Waals surface area contributed by atoms with Crippen molar-refractivity contribution in [3.8, 4) is 5.75 Å². The van der Waals surface area contributed by atoms with Crippen molar-refractivity contribution in [2.45, 2.75) is 33.7 Å². The second-order valence-corrected chi connectivity index (χ2v) is 5.41. The molecule has 0 bridgehead atoms. The van der Waals surface area contributed by atoms with Gasteiger partial charge in [-0.15, -0.1) is 0 Å². The Kier molecular flexibility index (Phi) is 5.59. The molecule has 3 heteroatoms. The molecule has 0 unspecified atom stereocenters. The van der Waals surface area contributed by atoms with Gasteiger partial charge in [0.05, 0.1) is 13.0 Å². The summed E-state index contributed by atoms with van der Waals surface area (Å²) in [6.07, 6.45) is 0.401. The largest absolute Gasteiger partial charge is 0.494 e. The number of carbonyl (C=O) groups excluding carboxylic acids is 1. The number of nitrogens with one attached hydrogen (secondary N) is 1. The Morgan fingerprint density at radius 2 is 1.86 bits per heavy atom. The van der Waals surface area contributed by atoms with E-state index >= 15 is 0 Å². The van der Waals surface area contributed by atoms with Crippen LogP contribution in [0, 0.1) is 13.8 Å². The van der Waals surface area contributed by atoms with Gasteiger partial charge in [0.15, 0.2) is 0 Å². The first-order valence-electron chi connectivity index (χ1n) is 7.63. The van der Waals surface area contributed by atoms with Gasteiger partial charge in [-0.05, 0) is 43.5 Å². The van der Waals surface area contributed by atoms with Crippen LogP contribution in [0.3, 0.4) is 0 Å². The zero-order valence-corrected chi connectivity index (χ0v) is 13.5. The molecule has 0 saturated heterocycles. The number of para-hydroxylation sites is 1. The van der Waals surface area contributed by atoms with Gasteiger partial charge in [0.25, 0.3) is 0 Å². The fraction of sp³-hybridized carbons (Fsp3) is 0.316. The van der Waals surface area contributed by atoms with Gasteiger partial charge in [0.2, 0.25) is 5.91 Å². The number of hydrogen-bond donors (Lipinski definition) is 1. The molecule has 22 heavy (non-hydrogen) atoms. The maximum absolute atomic E-state index is 12.1. The summed E-state index contributed by atoms with van der Waals surface area (Å²) < 4.78 is 5.57. The molecule has 0 fully saturated rings. The summed E-state index contributed by atoms with van der Waals surface area (Å²) in [5.74, 6) is 0.853. The lowest BCUT2D eigenvalue weighted by atomic mass is 10.0. The molecule has 2 aromatic carbocycles. The Labute approximate surface area is 132 Å². The van der Waals surface area contributed by atoms with Crippen molar-refractivity contribution >= 4 is 5.91 Å². The van der Waals surface area contributed by atoms with E-state index in [2.05, 4.69) is 31.3 Å². The SMILES string of the molecule is CCOc1ccccc1CNC(=O)Cc1ccc(C)c(C)c1. The average Bonchev–Trinajstić information content (AvgIpc) is 2.50. The summed E-state index contributed by atoms with van der Waals surface area (Å²) in [5.41, 5.74) is 4.50. The van der Waals surface area contributed by atoms with Crippen LogP contribution in [0.2, 0.25) is 0 Å². The molecule has 0 atom stereocenters. The Balaban J connectivity index is 1.94. The fourth-order valence-corrected chi connectivity index (χ4v) is 2.30. The molecule has 3 nitrogen and oxygen atoms in total. The summed E-state index contributed by atoms with van der Waals surface area (Å²) in [4.78, 5) is 12.1. The first-order chi connectivity index (χ1) is 10.6. The maximum Gasteiger partial charge on any atom is 0.224 e. The van der Waals surface area contributed by atoms with E-state index in [0.29, 0.717) is 19.6 Å². The number of hydrogen-bond acceptors (Lipinski definition) is 2. The number of amides is 1. The summed E-state index contributed by atoms with van der Waals surface area (Å²) in [5, 5.41) is 2.96. The number of rotatable bonds is 6. The lowest BCUT2D eigenvalue weighted by molar-refractivity contribution is -0.120. The minimum Gasteiger partial charge on any atom is -0.494 e. The second kappa shape index (κ2) is 7.64. The maximum atomic E-state index is 12.1. The van der Waals surface area contributed by atoms with E-state index in [-0.39, 0.29) is 5.91 Å². The smallest absolute Gasteiger partial charge is 0.224 e. The molecule has 0 saturated carbocycles. The summed E-state index contributed by atoms with van der Waals surface area (Å²) in [6.45, 7) is 7.20. The number of ether oxygens (including phenoxy) is 1. The molecule has 0 spiro atoms. The van der Waals surface area contributed by atoms with Crippen LogP contribution in [0.5, 0.6) is 5.75 Å². The van der Waals surface area contributed by atoms with E-state index in [4.69, 9.17) is 4.74 Å². The Morgan fingerprint density at radius 1 is 1.09 bits per heavy atom. The number of benzene rings is 2. The first-order valence-corrected chi connectivity index (χ1v) is 7.63. The van der Waals surface area contributed by atoms with Crippen molar-refractivity contribution in [2.75, 3.05) is 6.61 Å². The lowest BCUT2D eigenvalue weighted by Gasteiger charge is -2.11. The zero-order chi connectivity index (χ0) is 15.9. The monoisotopic (exact) mass is 297 g/mol. The van der Waals surface area contributed by atoms with Crippen molar-refractivity contribution in [3.05, 3.63) is 64.7 Å². The molecule has 1 amide bonds. The van der Waals surface area contributed by atoms with Crippen molar-refractivity contribution in [3.63, 3.8) is 0 Å². The van der Waals surface area contributed by atoms with Crippen molar-refractivity contribution in [1.82, 2.24) is 5.32 Å². The third-order valence-corrected chi connectivity index (χ3v) is 3.68. The van der Waals surface area contributed by atoms with Crippen LogP contribution in [-0.2, 0) is 17.8 Å². The lowest BCUT2D eigenvalue weighted by Crippen LogP contribution is -2.24. The van der Waals surface area contributed by atoms with Gasteiger partial charge < -0.3 is 10.1 Å². The minimum atomic E-state index is 0.0227. The molecule has 1 N–H and O–H groups in total. The summed E-state index contributed by atoms with van der Waals surface area (Å²) >= 11 is 0. The average molecular weight is 297 g/mol. The molecule has 0 aliphatic rings. The van der Waals surface area contributed by atoms with Crippen LogP contribution in [-0.4, -0.2) is 12.5 Å².